The van der Waals surface area contributed by atoms with Gasteiger partial charge in [0, 0.05) is 38.2 Å². The largest absolute Gasteiger partial charge is 0.360 e. The second-order valence-electron chi connectivity index (χ2n) is 4.66. The molecule has 0 aliphatic carbocycles. The summed E-state index contributed by atoms with van der Waals surface area (Å²) in [4.78, 5) is 1.37. The summed E-state index contributed by atoms with van der Waals surface area (Å²) < 4.78 is 21.4. The normalized spacial score (nSPS) is 15.8. The Bertz CT molecular complexity index is 225. The van der Waals surface area contributed by atoms with E-state index in [9.17, 15) is 0 Å². The summed E-state index contributed by atoms with van der Waals surface area (Å²) in [7, 11) is 13.9. The van der Waals surface area contributed by atoms with Gasteiger partial charge in [0.2, 0.25) is 0 Å². The van der Waals surface area contributed by atoms with E-state index in [1.807, 2.05) is 41.2 Å². The van der Waals surface area contributed by atoms with E-state index in [2.05, 4.69) is 13.8 Å². The molecule has 4 nitrogen and oxygen atoms in total. The van der Waals surface area contributed by atoms with Crippen molar-refractivity contribution in [1.82, 2.24) is 0 Å². The van der Waals surface area contributed by atoms with E-state index in [-0.39, 0.29) is 11.8 Å². The fraction of sp³-hybridized carbons (Fsp3) is 1.00. The summed E-state index contributed by atoms with van der Waals surface area (Å²) in [5.74, 6) is 0.0753. The molecule has 134 valence electrons. The fourth-order valence-electron chi connectivity index (χ4n) is 1.70. The van der Waals surface area contributed by atoms with Gasteiger partial charge in [-0.1, -0.05) is 35.4 Å². The molecule has 0 saturated heterocycles. The van der Waals surface area contributed by atoms with Crippen LogP contribution in [0.4, 0.5) is 0 Å². The first-order valence-electron chi connectivity index (χ1n) is 7.41. The molecule has 0 aliphatic heterocycles. The van der Waals surface area contributed by atoms with Gasteiger partial charge in [-0.25, -0.2) is 0 Å². The molecule has 0 aliphatic rings. The molecule has 2 unspecified atom stereocenters. The fourth-order valence-corrected chi connectivity index (χ4v) is 16.5. The van der Waals surface area contributed by atoms with Gasteiger partial charge in [0.05, 0.1) is 0 Å². The van der Waals surface area contributed by atoms with Gasteiger partial charge >= 0.3 is 0 Å². The number of hydrogen-bond donors (Lipinski definition) is 0. The van der Waals surface area contributed by atoms with Crippen LogP contribution in [-0.4, -0.2) is 69.1 Å². The molecule has 0 rings (SSSR count). The average molecular weight is 423 g/mol. The van der Waals surface area contributed by atoms with Gasteiger partial charge in [-0.15, -0.1) is 0 Å². The zero-order valence-corrected chi connectivity index (χ0v) is 20.5. The zero-order valence-electron chi connectivity index (χ0n) is 14.4. The third-order valence-electron chi connectivity index (χ3n) is 3.25. The lowest BCUT2D eigenvalue weighted by Gasteiger charge is -2.20. The Labute approximate surface area is 155 Å². The molecule has 22 heavy (non-hydrogen) atoms. The lowest BCUT2D eigenvalue weighted by atomic mass is 10.6. The molecule has 0 aromatic rings. The maximum atomic E-state index is 5.34. The second kappa shape index (κ2) is 16.2. The monoisotopic (exact) mass is 422 g/mol. The Morgan fingerprint density at radius 2 is 1.00 bits per heavy atom. The van der Waals surface area contributed by atoms with Crippen molar-refractivity contribution in [2.75, 3.05) is 28.4 Å². The van der Waals surface area contributed by atoms with Gasteiger partial charge in [0.1, 0.15) is 30.9 Å². The molecule has 0 spiro atoms. The lowest BCUT2D eigenvalue weighted by Crippen LogP contribution is -2.29. The van der Waals surface area contributed by atoms with E-state index in [1.165, 1.54) is 12.8 Å². The Morgan fingerprint density at radius 1 is 0.682 bits per heavy atom. The highest BCUT2D eigenvalue weighted by Crippen LogP contribution is 2.47. The van der Waals surface area contributed by atoms with Crippen molar-refractivity contribution in [2.24, 2.45) is 0 Å². The molecule has 0 fully saturated rings. The SMILES string of the molecule is CCC([SiH2]C(OC)OC)SSSSC(CC)[SiH2]C(OC)OC. The third-order valence-corrected chi connectivity index (χ3v) is 18.3. The molecule has 0 saturated carbocycles. The van der Waals surface area contributed by atoms with Crippen LogP contribution in [0.3, 0.4) is 0 Å². The molecule has 0 bridgehead atoms. The van der Waals surface area contributed by atoms with Gasteiger partial charge in [-0.2, -0.15) is 0 Å². The quantitative estimate of drug-likeness (QED) is 0.172. The Morgan fingerprint density at radius 3 is 1.23 bits per heavy atom. The van der Waals surface area contributed by atoms with Crippen LogP contribution < -0.4 is 0 Å². The summed E-state index contributed by atoms with van der Waals surface area (Å²) in [5.41, 5.74) is 0. The van der Waals surface area contributed by atoms with Gasteiger partial charge in [-0.3, -0.25) is 0 Å². The topological polar surface area (TPSA) is 36.9 Å². The average Bonchev–Trinajstić information content (AvgIpc) is 2.57. The van der Waals surface area contributed by atoms with Crippen molar-refractivity contribution >= 4 is 60.3 Å². The number of methoxy groups -OCH3 is 4. The molecule has 0 heterocycles. The van der Waals surface area contributed by atoms with Crippen molar-refractivity contribution < 1.29 is 18.9 Å². The third kappa shape index (κ3) is 11.3. The Balaban J connectivity index is 3.95. The molecule has 0 aromatic heterocycles. The summed E-state index contributed by atoms with van der Waals surface area (Å²) in [6.07, 6.45) is 2.36. The van der Waals surface area contributed by atoms with Gasteiger partial charge in [0.15, 0.2) is 0 Å². The lowest BCUT2D eigenvalue weighted by molar-refractivity contribution is -0.0443. The van der Waals surface area contributed by atoms with Crippen LogP contribution in [0.5, 0.6) is 0 Å². The van der Waals surface area contributed by atoms with Gasteiger partial charge < -0.3 is 18.9 Å². The van der Waals surface area contributed by atoms with Gasteiger partial charge in [0.25, 0.3) is 0 Å². The minimum absolute atomic E-state index is 0.0377. The molecule has 0 radical (unpaired) electrons. The van der Waals surface area contributed by atoms with Crippen molar-refractivity contribution in [3.05, 3.63) is 0 Å². The van der Waals surface area contributed by atoms with Crippen LogP contribution in [0.25, 0.3) is 0 Å². The molecular weight excluding hydrogens is 393 g/mol. The molecule has 0 N–H and O–H groups in total. The number of ether oxygens (including phenoxy) is 4. The van der Waals surface area contributed by atoms with Crippen molar-refractivity contribution in [3.8, 4) is 0 Å². The van der Waals surface area contributed by atoms with E-state index in [0.717, 1.165) is 0 Å². The highest BCUT2D eigenvalue weighted by atomic mass is 33.7. The number of rotatable bonds is 15. The van der Waals surface area contributed by atoms with E-state index < -0.39 is 19.0 Å². The van der Waals surface area contributed by atoms with Crippen molar-refractivity contribution in [3.63, 3.8) is 0 Å². The van der Waals surface area contributed by atoms with Crippen LogP contribution in [-0.2, 0) is 18.9 Å². The van der Waals surface area contributed by atoms with E-state index >= 15 is 0 Å². The first-order chi connectivity index (χ1) is 10.6. The predicted octanol–water partition coefficient (Wildman–Crippen LogP) is 2.63. The molecule has 2 atom stereocenters. The van der Waals surface area contributed by atoms with E-state index in [1.54, 1.807) is 28.4 Å². The molecule has 0 aromatic carbocycles. The Kier molecular flexibility index (Phi) is 17.4. The summed E-state index contributed by atoms with van der Waals surface area (Å²) in [6.45, 7) is 4.49. The van der Waals surface area contributed by atoms with Crippen LogP contribution >= 0.6 is 41.2 Å². The van der Waals surface area contributed by atoms with Crippen LogP contribution in [0.2, 0.25) is 0 Å². The minimum Gasteiger partial charge on any atom is -0.360 e. The van der Waals surface area contributed by atoms with E-state index in [0.29, 0.717) is 9.75 Å². The first kappa shape index (κ1) is 23.7. The smallest absolute Gasteiger partial charge is 0.135 e. The second-order valence-corrected chi connectivity index (χ2v) is 16.5. The minimum atomic E-state index is -0.395. The first-order valence-corrected chi connectivity index (χ1v) is 15.6. The van der Waals surface area contributed by atoms with Crippen molar-refractivity contribution in [1.29, 1.82) is 0 Å². The molecule has 0 amide bonds. The highest BCUT2D eigenvalue weighted by Gasteiger charge is 2.19. The Hall–Kier alpha value is 1.67. The molecule has 10 heteroatoms. The van der Waals surface area contributed by atoms with Gasteiger partial charge in [-0.05, 0) is 32.5 Å². The van der Waals surface area contributed by atoms with Crippen molar-refractivity contribution in [2.45, 2.75) is 48.3 Å². The van der Waals surface area contributed by atoms with Crippen LogP contribution in [0.1, 0.15) is 26.7 Å². The summed E-state index contributed by atoms with van der Waals surface area (Å²) in [5, 5.41) is 0. The summed E-state index contributed by atoms with van der Waals surface area (Å²) >= 11 is 0. The summed E-state index contributed by atoms with van der Waals surface area (Å²) in [6, 6.07) is 0. The zero-order chi connectivity index (χ0) is 16.8. The highest BCUT2D eigenvalue weighted by molar-refractivity contribution is 9.26. The standard InChI is InChI=1S/C12H30O4S4Si2/c1-7-9(21-11(13-3)14-4)17-19-20-18-10(8-2)22-12(15-5)16-6/h9-12H,7-8,21-22H2,1-6H3. The maximum Gasteiger partial charge on any atom is 0.135 e. The maximum absolute atomic E-state index is 5.34. The van der Waals surface area contributed by atoms with E-state index in [4.69, 9.17) is 18.9 Å². The number of hydrogen-bond acceptors (Lipinski definition) is 8. The van der Waals surface area contributed by atoms with Crippen LogP contribution in [0, 0.1) is 0 Å². The molecular formula is C12H30O4S4Si2. The predicted molar refractivity (Wildman–Crippen MR) is 111 cm³/mol. The van der Waals surface area contributed by atoms with Crippen LogP contribution in [0.15, 0.2) is 0 Å².